The molecule has 0 saturated carbocycles. The average Bonchev–Trinajstić information content (AvgIpc) is 3.02. The minimum Gasteiger partial charge on any atom is -0.493 e. The third kappa shape index (κ3) is 2.91. The van der Waals surface area contributed by atoms with Crippen molar-refractivity contribution in [3.8, 4) is 11.5 Å². The van der Waals surface area contributed by atoms with E-state index < -0.39 is 0 Å². The van der Waals surface area contributed by atoms with Crippen molar-refractivity contribution in [2.24, 2.45) is 0 Å². The predicted molar refractivity (Wildman–Crippen MR) is 95.9 cm³/mol. The molecule has 0 saturated heterocycles. The van der Waals surface area contributed by atoms with Gasteiger partial charge in [-0.15, -0.1) is 0 Å². The van der Waals surface area contributed by atoms with Crippen molar-refractivity contribution in [1.82, 2.24) is 0 Å². The molecule has 0 spiro atoms. The number of carbonyl (C=O) groups excluding carboxylic acids is 1. The van der Waals surface area contributed by atoms with Crippen LogP contribution in [0.3, 0.4) is 0 Å². The van der Waals surface area contributed by atoms with Gasteiger partial charge in [0.25, 0.3) is 0 Å². The summed E-state index contributed by atoms with van der Waals surface area (Å²) in [4.78, 5) is 11.7. The number of ether oxygens (including phenoxy) is 2. The van der Waals surface area contributed by atoms with Gasteiger partial charge in [0.15, 0.2) is 17.1 Å². The zero-order valence-corrected chi connectivity index (χ0v) is 14.2. The summed E-state index contributed by atoms with van der Waals surface area (Å²) in [5.74, 6) is 2.29. The smallest absolute Gasteiger partial charge is 0.176 e. The monoisotopic (exact) mass is 334 g/mol. The summed E-state index contributed by atoms with van der Waals surface area (Å²) in [5.41, 5.74) is 3.84. The Morgan fingerprint density at radius 3 is 2.88 bits per heavy atom. The first-order valence-electron chi connectivity index (χ1n) is 8.16. The number of methoxy groups -OCH3 is 1. The molecule has 4 heteroatoms. The number of fused-ring (bicyclic) bond motifs is 2. The molecule has 1 heterocycles. The average molecular weight is 334 g/mol. The second-order valence-corrected chi connectivity index (χ2v) is 6.17. The van der Waals surface area contributed by atoms with Gasteiger partial charge >= 0.3 is 0 Å². The first-order valence-corrected chi connectivity index (χ1v) is 8.16. The minimum absolute atomic E-state index is 0.131. The number of benzene rings is 2. The number of allylic oxidation sites excluding steroid dienone is 2. The number of ketones is 1. The van der Waals surface area contributed by atoms with Crippen LogP contribution < -0.4 is 9.47 Å². The summed E-state index contributed by atoms with van der Waals surface area (Å²) in [6, 6.07) is 13.6. The summed E-state index contributed by atoms with van der Waals surface area (Å²) in [6.07, 6.45) is 2.12. The Labute approximate surface area is 145 Å². The molecule has 0 bridgehead atoms. The Balaban J connectivity index is 1.55. The molecule has 1 aromatic heterocycles. The molecule has 4 rings (SSSR count). The first kappa shape index (κ1) is 15.5. The van der Waals surface area contributed by atoms with Crippen molar-refractivity contribution < 1.29 is 18.7 Å². The Kier molecular flexibility index (Phi) is 3.80. The SMILES string of the molecule is COc1cccc2cc(COc3ccc4c(c3)CC(=O)C=C4C)oc12. The molecule has 3 aromatic rings. The maximum Gasteiger partial charge on any atom is 0.176 e. The zero-order chi connectivity index (χ0) is 17.4. The van der Waals surface area contributed by atoms with Crippen molar-refractivity contribution in [2.45, 2.75) is 20.0 Å². The minimum atomic E-state index is 0.131. The van der Waals surface area contributed by atoms with Gasteiger partial charge in [0.1, 0.15) is 18.1 Å². The highest BCUT2D eigenvalue weighted by Crippen LogP contribution is 2.30. The van der Waals surface area contributed by atoms with Gasteiger partial charge in [-0.2, -0.15) is 0 Å². The molecule has 25 heavy (non-hydrogen) atoms. The third-order valence-corrected chi connectivity index (χ3v) is 4.40. The van der Waals surface area contributed by atoms with Crippen molar-refractivity contribution >= 4 is 22.3 Å². The number of carbonyl (C=O) groups is 1. The summed E-state index contributed by atoms with van der Waals surface area (Å²) in [6.45, 7) is 2.28. The van der Waals surface area contributed by atoms with Crippen molar-refractivity contribution in [3.05, 3.63) is 65.4 Å². The van der Waals surface area contributed by atoms with Crippen molar-refractivity contribution in [2.75, 3.05) is 7.11 Å². The summed E-state index contributed by atoms with van der Waals surface area (Å²) >= 11 is 0. The highest BCUT2D eigenvalue weighted by molar-refractivity contribution is 6.01. The molecule has 0 N–H and O–H groups in total. The van der Waals surface area contributed by atoms with Gasteiger partial charge in [-0.25, -0.2) is 0 Å². The van der Waals surface area contributed by atoms with Crippen LogP contribution in [0.25, 0.3) is 16.5 Å². The van der Waals surface area contributed by atoms with E-state index in [2.05, 4.69) is 0 Å². The molecule has 0 atom stereocenters. The number of furan rings is 1. The maximum absolute atomic E-state index is 11.7. The molecule has 4 nitrogen and oxygen atoms in total. The van der Waals surface area contributed by atoms with Gasteiger partial charge in [0.05, 0.1) is 7.11 Å². The van der Waals surface area contributed by atoms with Crippen LogP contribution in [-0.4, -0.2) is 12.9 Å². The van der Waals surface area contributed by atoms with E-state index >= 15 is 0 Å². The fourth-order valence-corrected chi connectivity index (χ4v) is 3.22. The van der Waals surface area contributed by atoms with E-state index in [1.807, 2.05) is 49.4 Å². The largest absolute Gasteiger partial charge is 0.493 e. The quantitative estimate of drug-likeness (QED) is 0.702. The normalized spacial score (nSPS) is 13.5. The van der Waals surface area contributed by atoms with Gasteiger partial charge in [0.2, 0.25) is 0 Å². The zero-order valence-electron chi connectivity index (χ0n) is 14.2. The number of hydrogen-bond donors (Lipinski definition) is 0. The third-order valence-electron chi connectivity index (χ3n) is 4.40. The second-order valence-electron chi connectivity index (χ2n) is 6.17. The number of para-hydroxylation sites is 1. The standard InChI is InChI=1S/C21H18O4/c1-13-8-16(22)9-15-11-17(6-7-19(13)15)24-12-18-10-14-4-3-5-20(23-2)21(14)25-18/h3-8,10-11H,9,12H2,1-2H3. The van der Waals surface area contributed by atoms with Crippen LogP contribution in [-0.2, 0) is 17.8 Å². The lowest BCUT2D eigenvalue weighted by Crippen LogP contribution is -2.08. The highest BCUT2D eigenvalue weighted by Gasteiger charge is 2.16. The van der Waals surface area contributed by atoms with Crippen LogP contribution in [0, 0.1) is 0 Å². The van der Waals surface area contributed by atoms with E-state index in [0.717, 1.165) is 39.2 Å². The summed E-state index contributed by atoms with van der Waals surface area (Å²) < 4.78 is 17.0. The van der Waals surface area contributed by atoms with Crippen LogP contribution in [0.2, 0.25) is 0 Å². The molecular weight excluding hydrogens is 316 g/mol. The molecule has 1 aliphatic carbocycles. The van der Waals surface area contributed by atoms with Gasteiger partial charge in [-0.3, -0.25) is 4.79 Å². The van der Waals surface area contributed by atoms with Crippen molar-refractivity contribution in [1.29, 1.82) is 0 Å². The topological polar surface area (TPSA) is 48.7 Å². The van der Waals surface area contributed by atoms with E-state index in [4.69, 9.17) is 13.9 Å². The Hall–Kier alpha value is -3.01. The molecule has 1 aliphatic rings. The van der Waals surface area contributed by atoms with Crippen molar-refractivity contribution in [3.63, 3.8) is 0 Å². The summed E-state index contributed by atoms with van der Waals surface area (Å²) in [7, 11) is 1.62. The van der Waals surface area contributed by atoms with Gasteiger partial charge < -0.3 is 13.9 Å². The molecule has 0 radical (unpaired) electrons. The molecule has 126 valence electrons. The summed E-state index contributed by atoms with van der Waals surface area (Å²) in [5, 5.41) is 0.981. The number of hydrogen-bond acceptors (Lipinski definition) is 4. The first-order chi connectivity index (χ1) is 12.1. The van der Waals surface area contributed by atoms with Crippen LogP contribution >= 0.6 is 0 Å². The van der Waals surface area contributed by atoms with E-state index in [0.29, 0.717) is 18.8 Å². The molecular formula is C21H18O4. The van der Waals surface area contributed by atoms with E-state index in [1.54, 1.807) is 13.2 Å². The molecule has 0 fully saturated rings. The molecule has 0 amide bonds. The molecule has 0 unspecified atom stereocenters. The van der Waals surface area contributed by atoms with Crippen LogP contribution in [0.5, 0.6) is 11.5 Å². The van der Waals surface area contributed by atoms with Gasteiger partial charge in [-0.1, -0.05) is 18.2 Å². The predicted octanol–water partition coefficient (Wildman–Crippen LogP) is 4.55. The Morgan fingerprint density at radius 1 is 1.16 bits per heavy atom. The fourth-order valence-electron chi connectivity index (χ4n) is 3.22. The lowest BCUT2D eigenvalue weighted by Gasteiger charge is -2.15. The van der Waals surface area contributed by atoms with E-state index in [1.165, 1.54) is 0 Å². The fraction of sp³-hybridized carbons (Fsp3) is 0.190. The Morgan fingerprint density at radius 2 is 2.04 bits per heavy atom. The highest BCUT2D eigenvalue weighted by atomic mass is 16.5. The van der Waals surface area contributed by atoms with Crippen LogP contribution in [0.4, 0.5) is 0 Å². The lowest BCUT2D eigenvalue weighted by molar-refractivity contribution is -0.114. The Bertz CT molecular complexity index is 994. The van der Waals surface area contributed by atoms with Crippen LogP contribution in [0.1, 0.15) is 23.8 Å². The molecule has 2 aromatic carbocycles. The number of rotatable bonds is 4. The van der Waals surface area contributed by atoms with Crippen LogP contribution in [0.15, 0.2) is 53.0 Å². The molecule has 0 aliphatic heterocycles. The van der Waals surface area contributed by atoms with Gasteiger partial charge in [-0.05, 0) is 54.0 Å². The lowest BCUT2D eigenvalue weighted by atomic mass is 9.91. The van der Waals surface area contributed by atoms with E-state index in [9.17, 15) is 4.79 Å². The van der Waals surface area contributed by atoms with E-state index in [-0.39, 0.29) is 5.78 Å². The maximum atomic E-state index is 11.7. The van der Waals surface area contributed by atoms with Gasteiger partial charge in [0, 0.05) is 11.8 Å². The second kappa shape index (κ2) is 6.13.